The van der Waals surface area contributed by atoms with Gasteiger partial charge < -0.3 is 10.1 Å². The standard InChI is InChI=1S/C17H23NO2/c1-11(2)13-7-8-16-14(10-13)15(4-3-9-20-16)18-17(19)12-5-6-12/h7-8,10-12,15H,3-6,9H2,1-2H3,(H,18,19). The maximum absolute atomic E-state index is 12.1. The molecule has 0 radical (unpaired) electrons. The van der Waals surface area contributed by atoms with Gasteiger partial charge in [0.15, 0.2) is 0 Å². The molecule has 1 fully saturated rings. The summed E-state index contributed by atoms with van der Waals surface area (Å²) in [6.45, 7) is 5.12. The van der Waals surface area contributed by atoms with Crippen LogP contribution in [0.3, 0.4) is 0 Å². The second-order valence-electron chi connectivity index (χ2n) is 6.28. The van der Waals surface area contributed by atoms with E-state index in [9.17, 15) is 4.79 Å². The predicted molar refractivity (Wildman–Crippen MR) is 78.9 cm³/mol. The smallest absolute Gasteiger partial charge is 0.223 e. The Kier molecular flexibility index (Phi) is 3.68. The van der Waals surface area contributed by atoms with E-state index in [1.807, 2.05) is 0 Å². The fourth-order valence-electron chi connectivity index (χ4n) is 2.74. The highest BCUT2D eigenvalue weighted by Crippen LogP contribution is 2.36. The van der Waals surface area contributed by atoms with Gasteiger partial charge in [-0.05, 0) is 49.3 Å². The Bertz CT molecular complexity index is 506. The van der Waals surface area contributed by atoms with Crippen molar-refractivity contribution in [1.82, 2.24) is 5.32 Å². The Morgan fingerprint density at radius 2 is 2.10 bits per heavy atom. The van der Waals surface area contributed by atoms with Crippen molar-refractivity contribution in [3.8, 4) is 5.75 Å². The van der Waals surface area contributed by atoms with Crippen LogP contribution in [0.1, 0.15) is 62.6 Å². The summed E-state index contributed by atoms with van der Waals surface area (Å²) in [5.74, 6) is 1.91. The van der Waals surface area contributed by atoms with Crippen molar-refractivity contribution in [1.29, 1.82) is 0 Å². The minimum atomic E-state index is 0.110. The summed E-state index contributed by atoms with van der Waals surface area (Å²) in [5, 5.41) is 3.22. The number of hydrogen-bond acceptors (Lipinski definition) is 2. The lowest BCUT2D eigenvalue weighted by Crippen LogP contribution is -2.29. The largest absolute Gasteiger partial charge is 0.493 e. The molecule has 1 amide bonds. The Labute approximate surface area is 120 Å². The molecule has 1 aromatic rings. The fourth-order valence-corrected chi connectivity index (χ4v) is 2.74. The number of benzene rings is 1. The molecule has 0 spiro atoms. The minimum Gasteiger partial charge on any atom is -0.493 e. The molecule has 1 saturated carbocycles. The molecule has 1 heterocycles. The highest BCUT2D eigenvalue weighted by atomic mass is 16.5. The quantitative estimate of drug-likeness (QED) is 0.914. The van der Waals surface area contributed by atoms with Gasteiger partial charge in [-0.3, -0.25) is 4.79 Å². The van der Waals surface area contributed by atoms with E-state index in [4.69, 9.17) is 4.74 Å². The first-order valence-electron chi connectivity index (χ1n) is 7.72. The third kappa shape index (κ3) is 2.82. The fraction of sp³-hybridized carbons (Fsp3) is 0.588. The summed E-state index contributed by atoms with van der Waals surface area (Å²) in [4.78, 5) is 12.1. The summed E-state index contributed by atoms with van der Waals surface area (Å²) >= 11 is 0. The first kappa shape index (κ1) is 13.5. The summed E-state index contributed by atoms with van der Waals surface area (Å²) < 4.78 is 5.82. The van der Waals surface area contributed by atoms with Gasteiger partial charge >= 0.3 is 0 Å². The van der Waals surface area contributed by atoms with Crippen molar-refractivity contribution in [2.45, 2.75) is 51.5 Å². The van der Waals surface area contributed by atoms with Crippen molar-refractivity contribution >= 4 is 5.91 Å². The summed E-state index contributed by atoms with van der Waals surface area (Å²) in [7, 11) is 0. The van der Waals surface area contributed by atoms with Gasteiger partial charge in [-0.2, -0.15) is 0 Å². The van der Waals surface area contributed by atoms with Crippen LogP contribution in [0.2, 0.25) is 0 Å². The molecule has 0 bridgehead atoms. The molecule has 0 aromatic heterocycles. The zero-order chi connectivity index (χ0) is 14.1. The van der Waals surface area contributed by atoms with Crippen molar-refractivity contribution in [2.75, 3.05) is 6.61 Å². The predicted octanol–water partition coefficient (Wildman–Crippen LogP) is 3.55. The van der Waals surface area contributed by atoms with E-state index in [1.54, 1.807) is 0 Å². The number of carbonyl (C=O) groups is 1. The van der Waals surface area contributed by atoms with Crippen LogP contribution in [0.25, 0.3) is 0 Å². The van der Waals surface area contributed by atoms with Crippen LogP contribution >= 0.6 is 0 Å². The van der Waals surface area contributed by atoms with E-state index in [-0.39, 0.29) is 17.9 Å². The Morgan fingerprint density at radius 3 is 2.80 bits per heavy atom. The van der Waals surface area contributed by atoms with Gasteiger partial charge in [0.25, 0.3) is 0 Å². The summed E-state index contributed by atoms with van der Waals surface area (Å²) in [5.41, 5.74) is 2.46. The van der Waals surface area contributed by atoms with Crippen LogP contribution < -0.4 is 10.1 Å². The van der Waals surface area contributed by atoms with E-state index < -0.39 is 0 Å². The van der Waals surface area contributed by atoms with Gasteiger partial charge in [0.1, 0.15) is 5.75 Å². The maximum atomic E-state index is 12.1. The van der Waals surface area contributed by atoms with E-state index in [1.165, 1.54) is 5.56 Å². The molecule has 1 unspecified atom stereocenters. The molecule has 1 atom stereocenters. The lowest BCUT2D eigenvalue weighted by molar-refractivity contribution is -0.123. The second-order valence-corrected chi connectivity index (χ2v) is 6.28. The molecular weight excluding hydrogens is 250 g/mol. The molecule has 3 rings (SSSR count). The molecule has 1 aromatic carbocycles. The molecule has 108 valence electrons. The molecular formula is C17H23NO2. The molecule has 3 nitrogen and oxygen atoms in total. The van der Waals surface area contributed by atoms with Crippen LogP contribution in [-0.2, 0) is 4.79 Å². The number of hydrogen-bond donors (Lipinski definition) is 1. The van der Waals surface area contributed by atoms with Gasteiger partial charge in [0.2, 0.25) is 5.91 Å². The van der Waals surface area contributed by atoms with Crippen LogP contribution in [0.5, 0.6) is 5.75 Å². The highest BCUT2D eigenvalue weighted by Gasteiger charge is 2.32. The van der Waals surface area contributed by atoms with Crippen LogP contribution in [-0.4, -0.2) is 12.5 Å². The van der Waals surface area contributed by atoms with E-state index in [0.29, 0.717) is 5.92 Å². The molecule has 3 heteroatoms. The van der Waals surface area contributed by atoms with E-state index in [0.717, 1.165) is 43.6 Å². The lowest BCUT2D eigenvalue weighted by Gasteiger charge is -2.20. The van der Waals surface area contributed by atoms with Crippen molar-refractivity contribution in [3.05, 3.63) is 29.3 Å². The average Bonchev–Trinajstić information content (AvgIpc) is 3.25. The average molecular weight is 273 g/mol. The van der Waals surface area contributed by atoms with Crippen molar-refractivity contribution in [2.24, 2.45) is 5.92 Å². The zero-order valence-corrected chi connectivity index (χ0v) is 12.3. The Balaban J connectivity index is 1.87. The van der Waals surface area contributed by atoms with Crippen molar-refractivity contribution < 1.29 is 9.53 Å². The first-order chi connectivity index (χ1) is 9.65. The number of ether oxygens (including phenoxy) is 1. The number of amides is 1. The molecule has 20 heavy (non-hydrogen) atoms. The van der Waals surface area contributed by atoms with Gasteiger partial charge in [-0.1, -0.05) is 19.9 Å². The van der Waals surface area contributed by atoms with E-state index >= 15 is 0 Å². The molecule has 0 saturated heterocycles. The lowest BCUT2D eigenvalue weighted by atomic mass is 9.95. The number of nitrogens with one attached hydrogen (secondary N) is 1. The number of rotatable bonds is 3. The Hall–Kier alpha value is -1.51. The molecule has 1 aliphatic heterocycles. The summed E-state index contributed by atoms with van der Waals surface area (Å²) in [6.07, 6.45) is 4.05. The highest BCUT2D eigenvalue weighted by molar-refractivity contribution is 5.81. The first-order valence-corrected chi connectivity index (χ1v) is 7.72. The Morgan fingerprint density at radius 1 is 1.30 bits per heavy atom. The number of carbonyl (C=O) groups excluding carboxylic acids is 1. The van der Waals surface area contributed by atoms with Crippen LogP contribution in [0.4, 0.5) is 0 Å². The number of fused-ring (bicyclic) bond motifs is 1. The monoisotopic (exact) mass is 273 g/mol. The van der Waals surface area contributed by atoms with Crippen molar-refractivity contribution in [3.63, 3.8) is 0 Å². The van der Waals surface area contributed by atoms with Crippen LogP contribution in [0, 0.1) is 5.92 Å². The van der Waals surface area contributed by atoms with E-state index in [2.05, 4.69) is 37.4 Å². The van der Waals surface area contributed by atoms with Gasteiger partial charge in [-0.15, -0.1) is 0 Å². The normalized spacial score (nSPS) is 21.9. The minimum absolute atomic E-state index is 0.110. The SMILES string of the molecule is CC(C)c1ccc2c(c1)C(NC(=O)C1CC1)CCCO2. The molecule has 2 aliphatic rings. The zero-order valence-electron chi connectivity index (χ0n) is 12.3. The summed E-state index contributed by atoms with van der Waals surface area (Å²) in [6, 6.07) is 6.52. The second kappa shape index (κ2) is 5.47. The van der Waals surface area contributed by atoms with Gasteiger partial charge in [-0.25, -0.2) is 0 Å². The van der Waals surface area contributed by atoms with Crippen LogP contribution in [0.15, 0.2) is 18.2 Å². The molecule has 1 N–H and O–H groups in total. The third-order valence-electron chi connectivity index (χ3n) is 4.24. The topological polar surface area (TPSA) is 38.3 Å². The third-order valence-corrected chi connectivity index (χ3v) is 4.24. The maximum Gasteiger partial charge on any atom is 0.223 e. The van der Waals surface area contributed by atoms with Gasteiger partial charge in [0, 0.05) is 11.5 Å². The molecule has 1 aliphatic carbocycles. The van der Waals surface area contributed by atoms with Gasteiger partial charge in [0.05, 0.1) is 12.6 Å².